The van der Waals surface area contributed by atoms with E-state index in [9.17, 15) is 14.9 Å². The lowest BCUT2D eigenvalue weighted by molar-refractivity contribution is 0.0735. The van der Waals surface area contributed by atoms with Crippen molar-refractivity contribution in [2.75, 3.05) is 5.43 Å². The van der Waals surface area contributed by atoms with Crippen molar-refractivity contribution in [3.05, 3.63) is 111 Å². The van der Waals surface area contributed by atoms with E-state index >= 15 is 0 Å². The average Bonchev–Trinajstić information content (AvgIpc) is 2.85. The van der Waals surface area contributed by atoms with E-state index in [0.717, 1.165) is 0 Å². The van der Waals surface area contributed by atoms with Crippen LogP contribution in [-0.2, 0) is 0 Å². The van der Waals surface area contributed by atoms with Gasteiger partial charge in [-0.1, -0.05) is 66.2 Å². The number of nitrogens with zero attached hydrogens (tertiary/aromatic N) is 3. The Labute approximate surface area is 199 Å². The van der Waals surface area contributed by atoms with Crippen molar-refractivity contribution in [1.82, 2.24) is 9.97 Å². The van der Waals surface area contributed by atoms with Crippen LogP contribution in [0.2, 0.25) is 5.02 Å². The molecule has 166 valence electrons. The number of aromatic amines is 1. The van der Waals surface area contributed by atoms with E-state index in [4.69, 9.17) is 16.3 Å². The molecule has 0 aliphatic heterocycles. The second-order valence-electron chi connectivity index (χ2n) is 6.93. The molecule has 9 heteroatoms. The molecular weight excluding hydrogens is 454 g/mol. The lowest BCUT2D eigenvalue weighted by Crippen LogP contribution is -2.16. The van der Waals surface area contributed by atoms with Gasteiger partial charge >= 0.3 is 5.97 Å². The smallest absolute Gasteiger partial charge is 0.345 e. The Bertz CT molecular complexity index is 1480. The number of carbonyl (C=O) groups excluding carboxylic acids is 1. The molecule has 2 N–H and O–H groups in total. The van der Waals surface area contributed by atoms with Gasteiger partial charge in [0.25, 0.3) is 5.56 Å². The molecule has 4 rings (SSSR count). The fraction of sp³-hybridized carbons (Fsp3) is 0. The van der Waals surface area contributed by atoms with E-state index in [-0.39, 0.29) is 22.8 Å². The minimum atomic E-state index is -0.581. The number of aromatic nitrogens is 2. The molecule has 0 saturated carbocycles. The zero-order valence-electron chi connectivity index (χ0n) is 17.5. The Morgan fingerprint density at radius 3 is 2.62 bits per heavy atom. The van der Waals surface area contributed by atoms with Gasteiger partial charge in [0.1, 0.15) is 17.4 Å². The van der Waals surface area contributed by atoms with Gasteiger partial charge in [-0.2, -0.15) is 10.4 Å². The summed E-state index contributed by atoms with van der Waals surface area (Å²) in [5.74, 6) is -0.198. The van der Waals surface area contributed by atoms with Gasteiger partial charge in [-0.15, -0.1) is 0 Å². The van der Waals surface area contributed by atoms with Gasteiger partial charge < -0.3 is 4.74 Å². The second-order valence-corrected chi connectivity index (χ2v) is 7.34. The van der Waals surface area contributed by atoms with E-state index < -0.39 is 11.5 Å². The SMILES string of the molecule is N#Cc1c(-c2ccccc2)nc(NN=Cc2cccc(OC(=O)c3ccccc3Cl)c2)[nH]c1=O. The first kappa shape index (κ1) is 22.5. The highest BCUT2D eigenvalue weighted by Crippen LogP contribution is 2.20. The molecule has 0 aliphatic rings. The van der Waals surface area contributed by atoms with E-state index in [0.29, 0.717) is 21.9 Å². The Morgan fingerprint density at radius 1 is 1.09 bits per heavy atom. The lowest BCUT2D eigenvalue weighted by atomic mass is 10.1. The number of hydrogen-bond acceptors (Lipinski definition) is 7. The van der Waals surface area contributed by atoms with Crippen LogP contribution in [0, 0.1) is 11.3 Å². The van der Waals surface area contributed by atoms with Gasteiger partial charge in [-0.3, -0.25) is 9.78 Å². The maximum absolute atomic E-state index is 12.4. The summed E-state index contributed by atoms with van der Waals surface area (Å²) in [5.41, 5.74) is 3.75. The molecule has 0 atom stereocenters. The van der Waals surface area contributed by atoms with Gasteiger partial charge in [-0.25, -0.2) is 15.2 Å². The highest BCUT2D eigenvalue weighted by Gasteiger charge is 2.13. The van der Waals surface area contributed by atoms with Gasteiger partial charge in [0.2, 0.25) is 5.95 Å². The Morgan fingerprint density at radius 2 is 1.85 bits per heavy atom. The van der Waals surface area contributed by atoms with Crippen LogP contribution in [0.3, 0.4) is 0 Å². The number of carbonyl (C=O) groups is 1. The summed E-state index contributed by atoms with van der Waals surface area (Å²) in [5, 5.41) is 13.7. The summed E-state index contributed by atoms with van der Waals surface area (Å²) in [7, 11) is 0. The lowest BCUT2D eigenvalue weighted by Gasteiger charge is -2.07. The minimum Gasteiger partial charge on any atom is -0.423 e. The zero-order chi connectivity index (χ0) is 23.9. The standard InChI is InChI=1S/C25H16ClN5O3/c26-21-12-5-4-11-19(21)24(33)34-18-10-6-7-16(13-18)15-28-31-25-29-22(17-8-2-1-3-9-17)20(14-27)23(32)30-25/h1-13,15H,(H2,29,30,31,32). The van der Waals surface area contributed by atoms with Crippen molar-refractivity contribution in [2.45, 2.75) is 0 Å². The van der Waals surface area contributed by atoms with E-state index in [1.165, 1.54) is 6.21 Å². The summed E-state index contributed by atoms with van der Waals surface area (Å²) in [6.45, 7) is 0. The van der Waals surface area contributed by atoms with Crippen LogP contribution >= 0.6 is 11.6 Å². The van der Waals surface area contributed by atoms with Gasteiger partial charge in [0.15, 0.2) is 0 Å². The summed E-state index contributed by atoms with van der Waals surface area (Å²) in [4.78, 5) is 31.5. The number of halogens is 1. The molecule has 0 saturated heterocycles. The van der Waals surface area contributed by atoms with E-state index in [1.807, 2.05) is 12.1 Å². The number of hydrazone groups is 1. The zero-order valence-corrected chi connectivity index (χ0v) is 18.3. The van der Waals surface area contributed by atoms with Gasteiger partial charge in [-0.05, 0) is 29.8 Å². The van der Waals surface area contributed by atoms with Crippen LogP contribution in [0.15, 0.2) is 88.8 Å². The Balaban J connectivity index is 1.51. The molecule has 0 aliphatic carbocycles. The number of nitrogens with one attached hydrogen (secondary N) is 2. The summed E-state index contributed by atoms with van der Waals surface area (Å²) in [6.07, 6.45) is 1.47. The maximum Gasteiger partial charge on any atom is 0.345 e. The Kier molecular flexibility index (Phi) is 6.77. The highest BCUT2D eigenvalue weighted by atomic mass is 35.5. The molecule has 8 nitrogen and oxygen atoms in total. The van der Waals surface area contributed by atoms with Crippen molar-refractivity contribution in [1.29, 1.82) is 5.26 Å². The second kappa shape index (κ2) is 10.3. The minimum absolute atomic E-state index is 0.0698. The van der Waals surface area contributed by atoms with Gasteiger partial charge in [0.05, 0.1) is 22.5 Å². The van der Waals surface area contributed by atoms with Crippen molar-refractivity contribution < 1.29 is 9.53 Å². The predicted octanol–water partition coefficient (Wildman–Crippen LogP) is 4.63. The van der Waals surface area contributed by atoms with Crippen LogP contribution in [0.4, 0.5) is 5.95 Å². The number of rotatable bonds is 6. The number of anilines is 1. The first-order valence-electron chi connectivity index (χ1n) is 10.0. The molecule has 0 bridgehead atoms. The Hall–Kier alpha value is -4.74. The summed E-state index contributed by atoms with van der Waals surface area (Å²) >= 11 is 6.04. The largest absolute Gasteiger partial charge is 0.423 e. The first-order chi connectivity index (χ1) is 16.5. The molecule has 0 unspecified atom stereocenters. The molecule has 0 amide bonds. The van der Waals surface area contributed by atoms with Crippen molar-refractivity contribution in [2.24, 2.45) is 5.10 Å². The molecular formula is C25H16ClN5O3. The number of hydrogen-bond donors (Lipinski definition) is 2. The molecule has 4 aromatic rings. The van der Waals surface area contributed by atoms with Crippen molar-refractivity contribution >= 4 is 29.7 Å². The van der Waals surface area contributed by atoms with Crippen molar-refractivity contribution in [3.8, 4) is 23.1 Å². The number of ether oxygens (including phenoxy) is 1. The number of esters is 1. The average molecular weight is 470 g/mol. The van der Waals surface area contributed by atoms with Crippen LogP contribution in [-0.4, -0.2) is 22.2 Å². The molecule has 1 heterocycles. The topological polar surface area (TPSA) is 120 Å². The van der Waals surface area contributed by atoms with Crippen LogP contribution in [0.25, 0.3) is 11.3 Å². The third-order valence-electron chi connectivity index (χ3n) is 4.62. The fourth-order valence-corrected chi connectivity index (χ4v) is 3.26. The van der Waals surface area contributed by atoms with Crippen molar-refractivity contribution in [3.63, 3.8) is 0 Å². The molecule has 1 aromatic heterocycles. The fourth-order valence-electron chi connectivity index (χ4n) is 3.05. The van der Waals surface area contributed by atoms with Crippen LogP contribution in [0.1, 0.15) is 21.5 Å². The maximum atomic E-state index is 12.4. The van der Waals surface area contributed by atoms with Gasteiger partial charge in [0, 0.05) is 5.56 Å². The third-order valence-corrected chi connectivity index (χ3v) is 4.95. The first-order valence-corrected chi connectivity index (χ1v) is 10.4. The molecule has 34 heavy (non-hydrogen) atoms. The molecule has 3 aromatic carbocycles. The van der Waals surface area contributed by atoms with Crippen LogP contribution in [0.5, 0.6) is 5.75 Å². The van der Waals surface area contributed by atoms with Crippen LogP contribution < -0.4 is 15.7 Å². The number of benzene rings is 3. The van der Waals surface area contributed by atoms with E-state index in [2.05, 4.69) is 20.5 Å². The number of H-pyrrole nitrogens is 1. The normalized spacial score (nSPS) is 10.6. The predicted molar refractivity (Wildman–Crippen MR) is 129 cm³/mol. The monoisotopic (exact) mass is 469 g/mol. The quantitative estimate of drug-likeness (QED) is 0.184. The third kappa shape index (κ3) is 5.18. The van der Waals surface area contributed by atoms with E-state index in [1.54, 1.807) is 72.8 Å². The number of nitriles is 1. The molecule has 0 spiro atoms. The summed E-state index contributed by atoms with van der Waals surface area (Å²) < 4.78 is 5.40. The summed E-state index contributed by atoms with van der Waals surface area (Å²) in [6, 6.07) is 24.1. The highest BCUT2D eigenvalue weighted by molar-refractivity contribution is 6.33. The molecule has 0 fully saturated rings. The molecule has 0 radical (unpaired) electrons.